The number of hydrogen-bond acceptors (Lipinski definition) is 3. The lowest BCUT2D eigenvalue weighted by Crippen LogP contribution is -2.44. The summed E-state index contributed by atoms with van der Waals surface area (Å²) in [4.78, 5) is 2.29. The molecule has 0 unspecified atom stereocenters. The van der Waals surface area contributed by atoms with Crippen LogP contribution in [0.2, 0.25) is 5.02 Å². The first-order valence-electron chi connectivity index (χ1n) is 7.14. The average molecular weight is 307 g/mol. The molecule has 0 N–H and O–H groups in total. The van der Waals surface area contributed by atoms with Crippen LogP contribution < -0.4 is 0 Å². The minimum Gasteiger partial charge on any atom is -0.313 e. The van der Waals surface area contributed by atoms with Crippen LogP contribution >= 0.6 is 11.6 Å². The van der Waals surface area contributed by atoms with E-state index in [1.54, 1.807) is 0 Å². The van der Waals surface area contributed by atoms with Crippen LogP contribution in [0.3, 0.4) is 0 Å². The van der Waals surface area contributed by atoms with Gasteiger partial charge in [-0.25, -0.2) is 0 Å². The third-order valence-corrected chi connectivity index (χ3v) is 4.52. The highest BCUT2D eigenvalue weighted by molar-refractivity contribution is 6.33. The topological polar surface area (TPSA) is 34.0 Å². The van der Waals surface area contributed by atoms with Crippen LogP contribution in [0.15, 0.2) is 24.3 Å². The average Bonchev–Trinajstić information content (AvgIpc) is 2.80. The van der Waals surface area contributed by atoms with E-state index in [0.717, 1.165) is 17.2 Å². The predicted molar refractivity (Wildman–Crippen MR) is 87.4 cm³/mol. The maximum Gasteiger partial charge on any atom is 0.165 e. The van der Waals surface area contributed by atoms with Gasteiger partial charge in [-0.2, -0.15) is 0 Å². The van der Waals surface area contributed by atoms with Gasteiger partial charge in [-0.05, 0) is 46.9 Å². The molecule has 5 heteroatoms. The van der Waals surface area contributed by atoms with Crippen LogP contribution in [0.25, 0.3) is 11.4 Å². The van der Waals surface area contributed by atoms with E-state index >= 15 is 0 Å². The Morgan fingerprint density at radius 1 is 1.19 bits per heavy atom. The maximum atomic E-state index is 6.28. The summed E-state index contributed by atoms with van der Waals surface area (Å²) in [6.07, 6.45) is 0. The van der Waals surface area contributed by atoms with E-state index in [1.807, 2.05) is 35.9 Å². The summed E-state index contributed by atoms with van der Waals surface area (Å²) in [5, 5.41) is 9.47. The highest BCUT2D eigenvalue weighted by Gasteiger charge is 2.33. The summed E-state index contributed by atoms with van der Waals surface area (Å²) >= 11 is 6.28. The van der Waals surface area contributed by atoms with E-state index in [0.29, 0.717) is 11.1 Å². The van der Waals surface area contributed by atoms with Gasteiger partial charge in [0.1, 0.15) is 0 Å². The highest BCUT2D eigenvalue weighted by Crippen LogP contribution is 2.31. The summed E-state index contributed by atoms with van der Waals surface area (Å²) in [5.41, 5.74) is 0.693. The lowest BCUT2D eigenvalue weighted by Gasteiger charge is -2.37. The van der Waals surface area contributed by atoms with Crippen LogP contribution in [-0.2, 0) is 12.6 Å². The number of aromatic nitrogens is 3. The van der Waals surface area contributed by atoms with E-state index in [4.69, 9.17) is 11.6 Å². The molecule has 1 heterocycles. The zero-order valence-electron chi connectivity index (χ0n) is 13.6. The summed E-state index contributed by atoms with van der Waals surface area (Å²) in [5.74, 6) is 1.72. The molecule has 2 rings (SSSR count). The van der Waals surface area contributed by atoms with Crippen molar-refractivity contribution >= 4 is 11.6 Å². The number of nitrogens with zero attached hydrogens (tertiary/aromatic N) is 4. The Bertz CT molecular complexity index is 631. The Balaban J connectivity index is 2.49. The third-order valence-electron chi connectivity index (χ3n) is 4.19. The van der Waals surface area contributed by atoms with Crippen molar-refractivity contribution in [2.24, 2.45) is 7.05 Å². The molecule has 21 heavy (non-hydrogen) atoms. The van der Waals surface area contributed by atoms with Crippen LogP contribution in [-0.4, -0.2) is 32.8 Å². The van der Waals surface area contributed by atoms with Gasteiger partial charge < -0.3 is 4.57 Å². The largest absolute Gasteiger partial charge is 0.313 e. The molecule has 2 aromatic rings. The fourth-order valence-corrected chi connectivity index (χ4v) is 2.76. The Hall–Kier alpha value is -1.39. The van der Waals surface area contributed by atoms with Gasteiger partial charge in [0.05, 0.1) is 10.6 Å². The molecule has 0 spiro atoms. The van der Waals surface area contributed by atoms with Crippen LogP contribution in [0.5, 0.6) is 0 Å². The fraction of sp³-hybridized carbons (Fsp3) is 0.500. The Kier molecular flexibility index (Phi) is 4.40. The molecule has 0 fully saturated rings. The molecule has 0 aliphatic carbocycles. The maximum absolute atomic E-state index is 6.28. The Morgan fingerprint density at radius 2 is 1.81 bits per heavy atom. The molecule has 0 aliphatic heterocycles. The second-order valence-electron chi connectivity index (χ2n) is 6.15. The van der Waals surface area contributed by atoms with Crippen molar-refractivity contribution in [2.75, 3.05) is 7.05 Å². The molecule has 0 aliphatic rings. The van der Waals surface area contributed by atoms with E-state index < -0.39 is 0 Å². The molecule has 0 bridgehead atoms. The first-order valence-corrected chi connectivity index (χ1v) is 7.52. The predicted octanol–water partition coefficient (Wildman–Crippen LogP) is 3.71. The number of benzene rings is 1. The molecule has 0 saturated heterocycles. The molecular formula is C16H23ClN4. The van der Waals surface area contributed by atoms with Gasteiger partial charge in [0, 0.05) is 18.7 Å². The lowest BCUT2D eigenvalue weighted by molar-refractivity contribution is 0.106. The molecular weight excluding hydrogens is 284 g/mol. The standard InChI is InChI=1S/C16H23ClN4/c1-11(2)21(6)16(3,4)15-19-18-14(20(15)5)12-9-7-8-10-13(12)17/h7-11H,1-6H3. The second-order valence-corrected chi connectivity index (χ2v) is 6.56. The number of hydrogen-bond donors (Lipinski definition) is 0. The van der Waals surface area contributed by atoms with E-state index in [-0.39, 0.29) is 5.54 Å². The van der Waals surface area contributed by atoms with Gasteiger partial charge in [-0.3, -0.25) is 4.90 Å². The smallest absolute Gasteiger partial charge is 0.165 e. The van der Waals surface area contributed by atoms with Gasteiger partial charge in [0.25, 0.3) is 0 Å². The van der Waals surface area contributed by atoms with Crippen molar-refractivity contribution in [3.63, 3.8) is 0 Å². The summed E-state index contributed by atoms with van der Waals surface area (Å²) < 4.78 is 2.03. The van der Waals surface area contributed by atoms with Crippen molar-refractivity contribution in [1.82, 2.24) is 19.7 Å². The van der Waals surface area contributed by atoms with Gasteiger partial charge in [-0.1, -0.05) is 23.7 Å². The first kappa shape index (κ1) is 16.0. The van der Waals surface area contributed by atoms with Crippen LogP contribution in [0.4, 0.5) is 0 Å². The zero-order chi connectivity index (χ0) is 15.8. The number of halogens is 1. The van der Waals surface area contributed by atoms with E-state index in [9.17, 15) is 0 Å². The summed E-state index contributed by atoms with van der Waals surface area (Å²) in [6.45, 7) is 8.67. The fourth-order valence-electron chi connectivity index (χ4n) is 2.54. The minimum absolute atomic E-state index is 0.213. The van der Waals surface area contributed by atoms with Gasteiger partial charge in [-0.15, -0.1) is 10.2 Å². The van der Waals surface area contributed by atoms with Gasteiger partial charge in [0.2, 0.25) is 0 Å². The lowest BCUT2D eigenvalue weighted by atomic mass is 10.0. The monoisotopic (exact) mass is 306 g/mol. The Morgan fingerprint density at radius 3 is 2.38 bits per heavy atom. The number of rotatable bonds is 4. The van der Waals surface area contributed by atoms with Crippen molar-refractivity contribution in [1.29, 1.82) is 0 Å². The highest BCUT2D eigenvalue weighted by atomic mass is 35.5. The van der Waals surface area contributed by atoms with Crippen LogP contribution in [0, 0.1) is 0 Å². The van der Waals surface area contributed by atoms with Crippen molar-refractivity contribution in [3.05, 3.63) is 35.1 Å². The van der Waals surface area contributed by atoms with Crippen molar-refractivity contribution in [2.45, 2.75) is 39.3 Å². The molecule has 114 valence electrons. The zero-order valence-corrected chi connectivity index (χ0v) is 14.3. The SMILES string of the molecule is CC(C)N(C)C(C)(C)c1nnc(-c2ccccc2Cl)n1C. The molecule has 1 aromatic carbocycles. The summed E-state index contributed by atoms with van der Waals surface area (Å²) in [7, 11) is 4.10. The van der Waals surface area contributed by atoms with Crippen molar-refractivity contribution < 1.29 is 0 Å². The molecule has 4 nitrogen and oxygen atoms in total. The molecule has 0 atom stereocenters. The molecule has 1 aromatic heterocycles. The summed E-state index contributed by atoms with van der Waals surface area (Å²) in [6, 6.07) is 8.13. The van der Waals surface area contributed by atoms with E-state index in [2.05, 4.69) is 49.8 Å². The normalized spacial score (nSPS) is 12.4. The minimum atomic E-state index is -0.213. The molecule has 0 saturated carbocycles. The molecule has 0 amide bonds. The molecule has 0 radical (unpaired) electrons. The third kappa shape index (κ3) is 2.83. The quantitative estimate of drug-likeness (QED) is 0.863. The first-order chi connectivity index (χ1) is 9.76. The van der Waals surface area contributed by atoms with Gasteiger partial charge >= 0.3 is 0 Å². The Labute approximate surface area is 131 Å². The second kappa shape index (κ2) is 5.78. The van der Waals surface area contributed by atoms with Gasteiger partial charge in [0.15, 0.2) is 11.6 Å². The van der Waals surface area contributed by atoms with Crippen LogP contribution in [0.1, 0.15) is 33.5 Å². The van der Waals surface area contributed by atoms with E-state index in [1.165, 1.54) is 0 Å². The van der Waals surface area contributed by atoms with Crippen molar-refractivity contribution in [3.8, 4) is 11.4 Å².